The van der Waals surface area contributed by atoms with E-state index in [0.29, 0.717) is 37.9 Å². The summed E-state index contributed by atoms with van der Waals surface area (Å²) < 4.78 is 19.1. The second-order valence-corrected chi connectivity index (χ2v) is 8.48. The number of aromatic nitrogens is 1. The van der Waals surface area contributed by atoms with Gasteiger partial charge in [0.15, 0.2) is 11.6 Å². The first-order valence-corrected chi connectivity index (χ1v) is 11.3. The third-order valence-electron chi connectivity index (χ3n) is 6.34. The minimum absolute atomic E-state index is 0.139. The van der Waals surface area contributed by atoms with E-state index in [-0.39, 0.29) is 23.4 Å². The Balaban J connectivity index is 1.37. The lowest BCUT2D eigenvalue weighted by molar-refractivity contribution is -0.120. The first-order chi connectivity index (χ1) is 16.5. The molecule has 2 amide bonds. The Bertz CT molecular complexity index is 1260. The highest BCUT2D eigenvalue weighted by Crippen LogP contribution is 2.36. The second-order valence-electron chi connectivity index (χ2n) is 8.48. The van der Waals surface area contributed by atoms with E-state index in [1.165, 1.54) is 13.2 Å². The number of hydrogen-bond donors (Lipinski definition) is 2. The SMILES string of the molecule is COc1ccc(Cc2ccnc(N3CCc4c(C(=O)N[C@H]5CCNC5=O)cccc43)c2)cc1F. The number of ether oxygens (including phenoxy) is 1. The third kappa shape index (κ3) is 4.19. The van der Waals surface area contributed by atoms with Gasteiger partial charge in [0.2, 0.25) is 5.91 Å². The maximum absolute atomic E-state index is 14.1. The molecule has 0 aliphatic carbocycles. The maximum atomic E-state index is 14.1. The van der Waals surface area contributed by atoms with Gasteiger partial charge in [0.05, 0.1) is 7.11 Å². The number of anilines is 2. The highest BCUT2D eigenvalue weighted by molar-refractivity contribution is 6.00. The van der Waals surface area contributed by atoms with Crippen molar-refractivity contribution in [2.24, 2.45) is 0 Å². The number of nitrogens with one attached hydrogen (secondary N) is 2. The molecule has 1 saturated heterocycles. The average Bonchev–Trinajstić information content (AvgIpc) is 3.45. The molecule has 2 aliphatic heterocycles. The molecule has 8 heteroatoms. The number of amides is 2. The largest absolute Gasteiger partial charge is 0.494 e. The van der Waals surface area contributed by atoms with Crippen LogP contribution in [0.3, 0.4) is 0 Å². The molecule has 5 rings (SSSR count). The van der Waals surface area contributed by atoms with Crippen molar-refractivity contribution in [1.82, 2.24) is 15.6 Å². The van der Waals surface area contributed by atoms with Crippen LogP contribution in [-0.4, -0.2) is 43.0 Å². The molecule has 34 heavy (non-hydrogen) atoms. The predicted octanol–water partition coefficient (Wildman–Crippen LogP) is 3.13. The molecule has 0 unspecified atom stereocenters. The molecule has 0 bridgehead atoms. The lowest BCUT2D eigenvalue weighted by Gasteiger charge is -2.20. The van der Waals surface area contributed by atoms with E-state index in [1.54, 1.807) is 18.3 Å². The fourth-order valence-electron chi connectivity index (χ4n) is 4.63. The first kappa shape index (κ1) is 21.9. The molecule has 0 saturated carbocycles. The van der Waals surface area contributed by atoms with E-state index >= 15 is 0 Å². The van der Waals surface area contributed by atoms with Crippen molar-refractivity contribution in [2.75, 3.05) is 25.1 Å². The zero-order valence-corrected chi connectivity index (χ0v) is 18.8. The number of rotatable bonds is 6. The number of carbonyl (C=O) groups is 2. The maximum Gasteiger partial charge on any atom is 0.252 e. The van der Waals surface area contributed by atoms with Gasteiger partial charge in [0.25, 0.3) is 5.91 Å². The summed E-state index contributed by atoms with van der Waals surface area (Å²) in [6, 6.07) is 14.0. The molecule has 3 heterocycles. The van der Waals surface area contributed by atoms with Crippen LogP contribution in [0.5, 0.6) is 5.75 Å². The van der Waals surface area contributed by atoms with Crippen molar-refractivity contribution in [3.8, 4) is 5.75 Å². The number of halogens is 1. The predicted molar refractivity (Wildman–Crippen MR) is 126 cm³/mol. The lowest BCUT2D eigenvalue weighted by Crippen LogP contribution is -2.40. The number of carbonyl (C=O) groups excluding carboxylic acids is 2. The Hall–Kier alpha value is -3.94. The van der Waals surface area contributed by atoms with E-state index < -0.39 is 6.04 Å². The van der Waals surface area contributed by atoms with Crippen molar-refractivity contribution in [2.45, 2.75) is 25.3 Å². The van der Waals surface area contributed by atoms with Crippen molar-refractivity contribution in [3.05, 3.63) is 82.8 Å². The average molecular weight is 461 g/mol. The van der Waals surface area contributed by atoms with Gasteiger partial charge in [-0.05, 0) is 72.4 Å². The van der Waals surface area contributed by atoms with Crippen LogP contribution in [0.25, 0.3) is 0 Å². The molecular formula is C26H25FN4O3. The molecule has 1 fully saturated rings. The number of nitrogens with zero attached hydrogens (tertiary/aromatic N) is 2. The Labute approximate surface area is 196 Å². The van der Waals surface area contributed by atoms with Crippen LogP contribution in [0.15, 0.2) is 54.7 Å². The molecule has 3 aromatic rings. The van der Waals surface area contributed by atoms with Gasteiger partial charge in [0, 0.05) is 30.5 Å². The Morgan fingerprint density at radius 1 is 1.24 bits per heavy atom. The zero-order valence-electron chi connectivity index (χ0n) is 18.8. The van der Waals surface area contributed by atoms with Gasteiger partial charge in [0.1, 0.15) is 11.9 Å². The Kier molecular flexibility index (Phi) is 5.88. The highest BCUT2D eigenvalue weighted by Gasteiger charge is 2.30. The van der Waals surface area contributed by atoms with Crippen molar-refractivity contribution in [3.63, 3.8) is 0 Å². The van der Waals surface area contributed by atoms with Gasteiger partial charge in [-0.2, -0.15) is 0 Å². The highest BCUT2D eigenvalue weighted by atomic mass is 19.1. The van der Waals surface area contributed by atoms with Crippen molar-refractivity contribution >= 4 is 23.3 Å². The van der Waals surface area contributed by atoms with Gasteiger partial charge in [-0.3, -0.25) is 9.59 Å². The smallest absolute Gasteiger partial charge is 0.252 e. The lowest BCUT2D eigenvalue weighted by atomic mass is 10.0. The minimum atomic E-state index is -0.484. The van der Waals surface area contributed by atoms with Gasteiger partial charge >= 0.3 is 0 Å². The van der Waals surface area contributed by atoms with Gasteiger partial charge < -0.3 is 20.3 Å². The van der Waals surface area contributed by atoms with Crippen LogP contribution in [-0.2, 0) is 17.6 Å². The third-order valence-corrected chi connectivity index (χ3v) is 6.34. The molecule has 2 aliphatic rings. The van der Waals surface area contributed by atoms with E-state index in [1.807, 2.05) is 30.3 Å². The molecule has 0 spiro atoms. The molecule has 0 radical (unpaired) electrons. The molecule has 2 aromatic carbocycles. The van der Waals surface area contributed by atoms with Crippen LogP contribution in [0.1, 0.15) is 33.5 Å². The monoisotopic (exact) mass is 460 g/mol. The van der Waals surface area contributed by atoms with Crippen LogP contribution in [0.4, 0.5) is 15.9 Å². The molecule has 174 valence electrons. The molecule has 1 atom stereocenters. The van der Waals surface area contributed by atoms with E-state index in [4.69, 9.17) is 4.74 Å². The second kappa shape index (κ2) is 9.13. The zero-order chi connectivity index (χ0) is 23.7. The fourth-order valence-corrected chi connectivity index (χ4v) is 4.63. The van der Waals surface area contributed by atoms with Crippen molar-refractivity contribution < 1.29 is 18.7 Å². The summed E-state index contributed by atoms with van der Waals surface area (Å²) in [5.74, 6) is 0.243. The molecular weight excluding hydrogens is 435 g/mol. The number of benzene rings is 2. The fraction of sp³-hybridized carbons (Fsp3) is 0.269. The van der Waals surface area contributed by atoms with Gasteiger partial charge in [-0.15, -0.1) is 0 Å². The quantitative estimate of drug-likeness (QED) is 0.591. The normalized spacial score (nSPS) is 16.8. The van der Waals surface area contributed by atoms with Crippen LogP contribution >= 0.6 is 0 Å². The summed E-state index contributed by atoms with van der Waals surface area (Å²) >= 11 is 0. The van der Waals surface area contributed by atoms with E-state index in [2.05, 4.69) is 20.5 Å². The molecule has 1 aromatic heterocycles. The van der Waals surface area contributed by atoms with Crippen molar-refractivity contribution in [1.29, 1.82) is 0 Å². The summed E-state index contributed by atoms with van der Waals surface area (Å²) in [7, 11) is 1.45. The number of pyridine rings is 1. The van der Waals surface area contributed by atoms with Crippen LogP contribution in [0.2, 0.25) is 0 Å². The van der Waals surface area contributed by atoms with Crippen LogP contribution in [0, 0.1) is 5.82 Å². The minimum Gasteiger partial charge on any atom is -0.494 e. The topological polar surface area (TPSA) is 83.6 Å². The number of hydrogen-bond acceptors (Lipinski definition) is 5. The summed E-state index contributed by atoms with van der Waals surface area (Å²) in [6.45, 7) is 1.27. The van der Waals surface area contributed by atoms with E-state index in [9.17, 15) is 14.0 Å². The van der Waals surface area contributed by atoms with Crippen LogP contribution < -0.4 is 20.3 Å². The summed E-state index contributed by atoms with van der Waals surface area (Å²) in [5, 5.41) is 5.60. The Morgan fingerprint density at radius 3 is 2.85 bits per heavy atom. The summed E-state index contributed by atoms with van der Waals surface area (Å²) in [5.41, 5.74) is 4.31. The molecule has 2 N–H and O–H groups in total. The van der Waals surface area contributed by atoms with Gasteiger partial charge in [-0.25, -0.2) is 9.37 Å². The summed E-state index contributed by atoms with van der Waals surface area (Å²) in [6.07, 6.45) is 3.60. The standard InChI is InChI=1S/C26H25FN4O3/c1-34-23-6-5-16(14-20(23)27)13-17-7-10-28-24(15-17)31-12-9-18-19(3-2-4-22(18)31)25(32)30-21-8-11-29-26(21)33/h2-7,10,14-15,21H,8-9,11-13H2,1H3,(H,29,33)(H,30,32)/t21-/m0/s1. The Morgan fingerprint density at radius 2 is 2.09 bits per heavy atom. The van der Waals surface area contributed by atoms with Gasteiger partial charge in [-0.1, -0.05) is 12.1 Å². The van der Waals surface area contributed by atoms with E-state index in [0.717, 1.165) is 28.2 Å². The number of methoxy groups -OCH3 is 1. The summed E-state index contributed by atoms with van der Waals surface area (Å²) in [4.78, 5) is 31.4. The molecule has 7 nitrogen and oxygen atoms in total. The number of fused-ring (bicyclic) bond motifs is 1. The first-order valence-electron chi connectivity index (χ1n) is 11.3.